The number of nitrogens with zero attached hydrogens (tertiary/aromatic N) is 1. The Bertz CT molecular complexity index is 467. The molecular weight excluding hydrogens is 188 g/mol. The zero-order chi connectivity index (χ0) is 10.7. The van der Waals surface area contributed by atoms with Gasteiger partial charge in [0.15, 0.2) is 0 Å². The summed E-state index contributed by atoms with van der Waals surface area (Å²) >= 11 is 0. The van der Waals surface area contributed by atoms with E-state index in [1.54, 1.807) is 6.20 Å². The molecule has 0 aliphatic carbocycles. The third kappa shape index (κ3) is 1.85. The molecule has 2 aromatic rings. The second kappa shape index (κ2) is 4.14. The van der Waals surface area contributed by atoms with E-state index in [0.717, 1.165) is 28.8 Å². The van der Waals surface area contributed by atoms with Crippen molar-refractivity contribution in [3.8, 4) is 0 Å². The molecule has 5 N–H and O–H groups in total. The highest BCUT2D eigenvalue weighted by molar-refractivity contribution is 5.98. The average molecular weight is 202 g/mol. The Morgan fingerprint density at radius 3 is 2.93 bits per heavy atom. The van der Waals surface area contributed by atoms with E-state index >= 15 is 0 Å². The molecule has 0 fully saturated rings. The van der Waals surface area contributed by atoms with Gasteiger partial charge in [-0.25, -0.2) is 0 Å². The predicted molar refractivity (Wildman–Crippen MR) is 63.7 cm³/mol. The van der Waals surface area contributed by atoms with Gasteiger partial charge in [0, 0.05) is 30.4 Å². The Morgan fingerprint density at radius 1 is 1.27 bits per heavy atom. The second-order valence-corrected chi connectivity index (χ2v) is 3.32. The summed E-state index contributed by atoms with van der Waals surface area (Å²) in [5.41, 5.74) is 13.9. The highest BCUT2D eigenvalue weighted by Crippen LogP contribution is 2.25. The van der Waals surface area contributed by atoms with E-state index in [2.05, 4.69) is 10.3 Å². The number of aromatic nitrogens is 1. The quantitative estimate of drug-likeness (QED) is 0.653. The van der Waals surface area contributed by atoms with E-state index in [1.807, 2.05) is 24.3 Å². The fourth-order valence-corrected chi connectivity index (χ4v) is 1.54. The van der Waals surface area contributed by atoms with E-state index < -0.39 is 0 Å². The molecule has 0 aliphatic rings. The first-order valence-corrected chi connectivity index (χ1v) is 4.90. The number of rotatable bonds is 3. The van der Waals surface area contributed by atoms with Gasteiger partial charge in [0.1, 0.15) is 0 Å². The van der Waals surface area contributed by atoms with Crippen molar-refractivity contribution < 1.29 is 0 Å². The lowest BCUT2D eigenvalue weighted by atomic mass is 10.1. The van der Waals surface area contributed by atoms with Crippen molar-refractivity contribution in [3.63, 3.8) is 0 Å². The van der Waals surface area contributed by atoms with E-state index in [0.29, 0.717) is 6.54 Å². The summed E-state index contributed by atoms with van der Waals surface area (Å²) < 4.78 is 0. The highest BCUT2D eigenvalue weighted by atomic mass is 14.9. The van der Waals surface area contributed by atoms with Gasteiger partial charge in [-0.3, -0.25) is 4.98 Å². The molecule has 4 heteroatoms. The maximum atomic E-state index is 5.86. The fourth-order valence-electron chi connectivity index (χ4n) is 1.54. The standard InChI is InChI=1S/C11H14N4/c12-5-7-14-10-4-3-9(13)8-2-1-6-15-11(8)10/h1-4,6,14H,5,7,12-13H2. The van der Waals surface area contributed by atoms with E-state index in [4.69, 9.17) is 11.5 Å². The van der Waals surface area contributed by atoms with Crippen molar-refractivity contribution in [2.45, 2.75) is 0 Å². The number of hydrogen-bond donors (Lipinski definition) is 3. The molecule has 2 rings (SSSR count). The minimum absolute atomic E-state index is 0.596. The van der Waals surface area contributed by atoms with Crippen LogP contribution in [0, 0.1) is 0 Å². The van der Waals surface area contributed by atoms with Crippen LogP contribution in [-0.4, -0.2) is 18.1 Å². The molecule has 0 aliphatic heterocycles. The van der Waals surface area contributed by atoms with Gasteiger partial charge >= 0.3 is 0 Å². The van der Waals surface area contributed by atoms with Crippen molar-refractivity contribution in [2.24, 2.45) is 5.73 Å². The molecule has 0 atom stereocenters. The Hall–Kier alpha value is -1.81. The van der Waals surface area contributed by atoms with Crippen molar-refractivity contribution in [1.29, 1.82) is 0 Å². The van der Waals surface area contributed by atoms with E-state index in [1.165, 1.54) is 0 Å². The van der Waals surface area contributed by atoms with Crippen LogP contribution in [0.2, 0.25) is 0 Å². The van der Waals surface area contributed by atoms with Crippen molar-refractivity contribution >= 4 is 22.3 Å². The van der Waals surface area contributed by atoms with Crippen LogP contribution in [0.3, 0.4) is 0 Å². The molecule has 0 saturated carbocycles. The van der Waals surface area contributed by atoms with Gasteiger partial charge in [-0.2, -0.15) is 0 Å². The first-order valence-electron chi connectivity index (χ1n) is 4.90. The molecule has 0 unspecified atom stereocenters. The van der Waals surface area contributed by atoms with Gasteiger partial charge in [-0.15, -0.1) is 0 Å². The van der Waals surface area contributed by atoms with Gasteiger partial charge in [-0.05, 0) is 24.3 Å². The molecule has 0 spiro atoms. The Balaban J connectivity index is 2.51. The van der Waals surface area contributed by atoms with Crippen LogP contribution in [0.1, 0.15) is 0 Å². The summed E-state index contributed by atoms with van der Waals surface area (Å²) in [6.07, 6.45) is 1.76. The normalized spacial score (nSPS) is 10.5. The smallest absolute Gasteiger partial charge is 0.0953 e. The second-order valence-electron chi connectivity index (χ2n) is 3.32. The zero-order valence-electron chi connectivity index (χ0n) is 8.40. The lowest BCUT2D eigenvalue weighted by Crippen LogP contribution is -2.13. The first kappa shape index (κ1) is 9.73. The van der Waals surface area contributed by atoms with Crippen molar-refractivity contribution in [3.05, 3.63) is 30.5 Å². The molecule has 1 heterocycles. The summed E-state index contributed by atoms with van der Waals surface area (Å²) in [6, 6.07) is 7.65. The average Bonchev–Trinajstić information content (AvgIpc) is 2.29. The summed E-state index contributed by atoms with van der Waals surface area (Å²) in [5, 5.41) is 4.19. The summed E-state index contributed by atoms with van der Waals surface area (Å²) in [4.78, 5) is 4.31. The molecule has 0 radical (unpaired) electrons. The topological polar surface area (TPSA) is 77.0 Å². The maximum absolute atomic E-state index is 5.86. The number of pyridine rings is 1. The molecule has 1 aromatic heterocycles. The number of nitrogen functional groups attached to an aromatic ring is 1. The van der Waals surface area contributed by atoms with Gasteiger partial charge < -0.3 is 16.8 Å². The van der Waals surface area contributed by atoms with Crippen molar-refractivity contribution in [1.82, 2.24) is 4.98 Å². The predicted octanol–water partition coefficient (Wildman–Crippen LogP) is 1.19. The molecule has 0 amide bonds. The monoisotopic (exact) mass is 202 g/mol. The molecular formula is C11H14N4. The molecule has 1 aromatic carbocycles. The summed E-state index contributed by atoms with van der Waals surface area (Å²) in [5.74, 6) is 0. The fraction of sp³-hybridized carbons (Fsp3) is 0.182. The molecule has 0 saturated heterocycles. The van der Waals surface area contributed by atoms with Crippen LogP contribution in [0.25, 0.3) is 10.9 Å². The van der Waals surface area contributed by atoms with Gasteiger partial charge in [-0.1, -0.05) is 0 Å². The Kier molecular flexibility index (Phi) is 2.69. The Labute approximate surface area is 88.3 Å². The lowest BCUT2D eigenvalue weighted by Gasteiger charge is -2.09. The number of benzene rings is 1. The van der Waals surface area contributed by atoms with Gasteiger partial charge in [0.2, 0.25) is 0 Å². The minimum Gasteiger partial charge on any atom is -0.398 e. The maximum Gasteiger partial charge on any atom is 0.0953 e. The van der Waals surface area contributed by atoms with Crippen LogP contribution in [0.4, 0.5) is 11.4 Å². The molecule has 15 heavy (non-hydrogen) atoms. The minimum atomic E-state index is 0.596. The highest BCUT2D eigenvalue weighted by Gasteiger charge is 2.03. The number of nitrogens with two attached hydrogens (primary N) is 2. The molecule has 78 valence electrons. The van der Waals surface area contributed by atoms with Crippen molar-refractivity contribution in [2.75, 3.05) is 24.1 Å². The number of nitrogens with one attached hydrogen (secondary N) is 1. The van der Waals surface area contributed by atoms with Crippen LogP contribution >= 0.6 is 0 Å². The summed E-state index contributed by atoms with van der Waals surface area (Å²) in [6.45, 7) is 1.33. The van der Waals surface area contributed by atoms with Crippen LogP contribution in [0.5, 0.6) is 0 Å². The number of hydrogen-bond acceptors (Lipinski definition) is 4. The molecule has 0 bridgehead atoms. The van der Waals surface area contributed by atoms with Gasteiger partial charge in [0.05, 0.1) is 11.2 Å². The number of anilines is 2. The largest absolute Gasteiger partial charge is 0.398 e. The van der Waals surface area contributed by atoms with E-state index in [9.17, 15) is 0 Å². The van der Waals surface area contributed by atoms with Crippen LogP contribution in [-0.2, 0) is 0 Å². The zero-order valence-corrected chi connectivity index (χ0v) is 8.40. The number of fused-ring (bicyclic) bond motifs is 1. The Morgan fingerprint density at radius 2 is 2.13 bits per heavy atom. The lowest BCUT2D eigenvalue weighted by molar-refractivity contribution is 1.03. The van der Waals surface area contributed by atoms with Crippen LogP contribution in [0.15, 0.2) is 30.5 Å². The van der Waals surface area contributed by atoms with Crippen LogP contribution < -0.4 is 16.8 Å². The first-order chi connectivity index (χ1) is 7.33. The summed E-state index contributed by atoms with van der Waals surface area (Å²) in [7, 11) is 0. The molecule has 4 nitrogen and oxygen atoms in total. The SMILES string of the molecule is NCCNc1ccc(N)c2cccnc12. The van der Waals surface area contributed by atoms with E-state index in [-0.39, 0.29) is 0 Å². The van der Waals surface area contributed by atoms with Gasteiger partial charge in [0.25, 0.3) is 0 Å². The third-order valence-corrected chi connectivity index (χ3v) is 2.26. The third-order valence-electron chi connectivity index (χ3n) is 2.26.